The molecule has 0 unspecified atom stereocenters. The molecule has 0 aromatic carbocycles. The SMILES string of the molecule is O=[N+]([O-])c1ccncc1CCCl. The summed E-state index contributed by atoms with van der Waals surface area (Å²) in [6.07, 6.45) is 3.35. The maximum Gasteiger partial charge on any atom is 0.275 e. The van der Waals surface area contributed by atoms with Crippen molar-refractivity contribution in [3.8, 4) is 0 Å². The van der Waals surface area contributed by atoms with Crippen LogP contribution in [0.3, 0.4) is 0 Å². The maximum atomic E-state index is 10.4. The molecule has 0 bridgehead atoms. The molecule has 0 N–H and O–H groups in total. The minimum atomic E-state index is -0.427. The summed E-state index contributed by atoms with van der Waals surface area (Å²) in [7, 11) is 0. The van der Waals surface area contributed by atoms with Crippen LogP contribution in [0.25, 0.3) is 0 Å². The first kappa shape index (κ1) is 8.93. The molecule has 0 radical (unpaired) electrons. The lowest BCUT2D eigenvalue weighted by atomic mass is 10.2. The van der Waals surface area contributed by atoms with Gasteiger partial charge in [0.1, 0.15) is 0 Å². The highest BCUT2D eigenvalue weighted by Crippen LogP contribution is 2.16. The van der Waals surface area contributed by atoms with Crippen molar-refractivity contribution in [3.05, 3.63) is 34.1 Å². The molecule has 0 aliphatic heterocycles. The van der Waals surface area contributed by atoms with Gasteiger partial charge in [-0.2, -0.15) is 0 Å². The summed E-state index contributed by atoms with van der Waals surface area (Å²) in [5, 5.41) is 10.4. The predicted molar refractivity (Wildman–Crippen MR) is 45.3 cm³/mol. The van der Waals surface area contributed by atoms with E-state index in [1.165, 1.54) is 18.5 Å². The number of hydrogen-bond acceptors (Lipinski definition) is 3. The Balaban J connectivity index is 3.00. The van der Waals surface area contributed by atoms with Crippen molar-refractivity contribution < 1.29 is 4.92 Å². The first-order valence-corrected chi connectivity index (χ1v) is 3.92. The lowest BCUT2D eigenvalue weighted by Crippen LogP contribution is -1.96. The molecule has 0 saturated heterocycles. The molecule has 0 amide bonds. The molecule has 0 aliphatic carbocycles. The van der Waals surface area contributed by atoms with E-state index in [-0.39, 0.29) is 5.69 Å². The molecule has 5 heteroatoms. The van der Waals surface area contributed by atoms with Gasteiger partial charge in [0.05, 0.1) is 4.92 Å². The molecule has 1 aromatic rings. The highest BCUT2D eigenvalue weighted by Gasteiger charge is 2.11. The van der Waals surface area contributed by atoms with E-state index in [1.54, 1.807) is 0 Å². The van der Waals surface area contributed by atoms with Crippen LogP contribution in [-0.4, -0.2) is 15.8 Å². The summed E-state index contributed by atoms with van der Waals surface area (Å²) < 4.78 is 0. The quantitative estimate of drug-likeness (QED) is 0.411. The van der Waals surface area contributed by atoms with Crippen LogP contribution < -0.4 is 0 Å². The molecule has 0 spiro atoms. The van der Waals surface area contributed by atoms with E-state index < -0.39 is 4.92 Å². The fraction of sp³-hybridized carbons (Fsp3) is 0.286. The van der Waals surface area contributed by atoms with Gasteiger partial charge in [0.2, 0.25) is 0 Å². The van der Waals surface area contributed by atoms with E-state index in [2.05, 4.69) is 4.98 Å². The number of nitrogens with zero attached hydrogens (tertiary/aromatic N) is 2. The minimum absolute atomic E-state index is 0.0886. The number of halogens is 1. The molecule has 0 saturated carbocycles. The van der Waals surface area contributed by atoms with E-state index in [0.717, 1.165) is 0 Å². The molecule has 1 rings (SSSR count). The van der Waals surface area contributed by atoms with Crippen LogP contribution in [0.1, 0.15) is 5.56 Å². The second kappa shape index (κ2) is 4.01. The number of aromatic nitrogens is 1. The van der Waals surface area contributed by atoms with Gasteiger partial charge in [-0.3, -0.25) is 15.1 Å². The zero-order valence-corrected chi connectivity index (χ0v) is 6.99. The summed E-state index contributed by atoms with van der Waals surface area (Å²) in [4.78, 5) is 13.8. The van der Waals surface area contributed by atoms with Crippen LogP contribution in [0.5, 0.6) is 0 Å². The number of aryl methyl sites for hydroxylation is 1. The zero-order chi connectivity index (χ0) is 8.97. The molecule has 1 aromatic heterocycles. The third-order valence-corrected chi connectivity index (χ3v) is 1.63. The van der Waals surface area contributed by atoms with Gasteiger partial charge in [-0.25, -0.2) is 0 Å². The van der Waals surface area contributed by atoms with Gasteiger partial charge >= 0.3 is 0 Å². The van der Waals surface area contributed by atoms with E-state index in [4.69, 9.17) is 11.6 Å². The van der Waals surface area contributed by atoms with E-state index in [1.807, 2.05) is 0 Å². The van der Waals surface area contributed by atoms with E-state index >= 15 is 0 Å². The Hall–Kier alpha value is -1.16. The lowest BCUT2D eigenvalue weighted by Gasteiger charge is -1.97. The van der Waals surface area contributed by atoms with Crippen molar-refractivity contribution in [2.45, 2.75) is 6.42 Å². The van der Waals surface area contributed by atoms with Gasteiger partial charge < -0.3 is 0 Å². The highest BCUT2D eigenvalue weighted by molar-refractivity contribution is 6.18. The monoisotopic (exact) mass is 186 g/mol. The first-order chi connectivity index (χ1) is 5.75. The predicted octanol–water partition coefficient (Wildman–Crippen LogP) is 1.77. The number of nitro groups is 1. The molecule has 1 heterocycles. The largest absolute Gasteiger partial charge is 0.275 e. The van der Waals surface area contributed by atoms with E-state index in [9.17, 15) is 10.1 Å². The standard InChI is InChI=1S/C7H7ClN2O2/c8-3-1-6-5-9-4-2-7(6)10(11)12/h2,4-5H,1,3H2. The normalized spacial score (nSPS) is 9.75. The molecule has 0 atom stereocenters. The molecule has 0 aliphatic rings. The summed E-state index contributed by atoms with van der Waals surface area (Å²) in [6.45, 7) is 0. The average molecular weight is 187 g/mol. The van der Waals surface area contributed by atoms with Crippen molar-refractivity contribution in [1.82, 2.24) is 4.98 Å². The molecule has 4 nitrogen and oxygen atoms in total. The second-order valence-corrected chi connectivity index (χ2v) is 2.58. The average Bonchev–Trinajstić information content (AvgIpc) is 2.05. The van der Waals surface area contributed by atoms with Gasteiger partial charge in [0, 0.05) is 29.9 Å². The molecular weight excluding hydrogens is 180 g/mol. The molecular formula is C7H7ClN2O2. The highest BCUT2D eigenvalue weighted by atomic mass is 35.5. The van der Waals surface area contributed by atoms with Gasteiger partial charge in [-0.15, -0.1) is 11.6 Å². The van der Waals surface area contributed by atoms with Crippen molar-refractivity contribution >= 4 is 17.3 Å². The van der Waals surface area contributed by atoms with Gasteiger partial charge in [0.25, 0.3) is 5.69 Å². The number of rotatable bonds is 3. The van der Waals surface area contributed by atoms with Gasteiger partial charge in [-0.05, 0) is 6.42 Å². The second-order valence-electron chi connectivity index (χ2n) is 2.20. The third-order valence-electron chi connectivity index (χ3n) is 1.44. The van der Waals surface area contributed by atoms with Crippen molar-refractivity contribution in [2.75, 3.05) is 5.88 Å². The van der Waals surface area contributed by atoms with Crippen LogP contribution in [0.2, 0.25) is 0 Å². The number of hydrogen-bond donors (Lipinski definition) is 0. The third kappa shape index (κ3) is 1.92. The summed E-state index contributed by atoms with van der Waals surface area (Å²) in [5.74, 6) is 0.368. The molecule has 64 valence electrons. The first-order valence-electron chi connectivity index (χ1n) is 3.39. The van der Waals surface area contributed by atoms with Crippen LogP contribution in [0.15, 0.2) is 18.5 Å². The number of alkyl halides is 1. The smallest absolute Gasteiger partial charge is 0.264 e. The maximum absolute atomic E-state index is 10.4. The Morgan fingerprint density at radius 1 is 1.67 bits per heavy atom. The Morgan fingerprint density at radius 2 is 2.42 bits per heavy atom. The Kier molecular flexibility index (Phi) is 2.99. The number of pyridine rings is 1. The van der Waals surface area contributed by atoms with Gasteiger partial charge in [-0.1, -0.05) is 0 Å². The van der Waals surface area contributed by atoms with Crippen molar-refractivity contribution in [2.24, 2.45) is 0 Å². The Bertz CT molecular complexity index is 290. The van der Waals surface area contributed by atoms with Crippen LogP contribution in [0, 0.1) is 10.1 Å². The summed E-state index contributed by atoms with van der Waals surface area (Å²) >= 11 is 5.46. The van der Waals surface area contributed by atoms with Crippen molar-refractivity contribution in [3.63, 3.8) is 0 Å². The molecule has 0 fully saturated rings. The minimum Gasteiger partial charge on any atom is -0.264 e. The molecule has 12 heavy (non-hydrogen) atoms. The topological polar surface area (TPSA) is 56.0 Å². The fourth-order valence-electron chi connectivity index (χ4n) is 0.892. The van der Waals surface area contributed by atoms with Crippen molar-refractivity contribution in [1.29, 1.82) is 0 Å². The van der Waals surface area contributed by atoms with E-state index in [0.29, 0.717) is 17.9 Å². The van der Waals surface area contributed by atoms with Crippen LogP contribution in [0.4, 0.5) is 5.69 Å². The summed E-state index contributed by atoms with van der Waals surface area (Å²) in [6, 6.07) is 1.38. The lowest BCUT2D eigenvalue weighted by molar-refractivity contribution is -0.385. The fourth-order valence-corrected chi connectivity index (χ4v) is 1.10. The van der Waals surface area contributed by atoms with Crippen LogP contribution in [-0.2, 0) is 6.42 Å². The Morgan fingerprint density at radius 3 is 3.00 bits per heavy atom. The Labute approximate surface area is 74.3 Å². The van der Waals surface area contributed by atoms with Crippen LogP contribution >= 0.6 is 11.6 Å². The van der Waals surface area contributed by atoms with Gasteiger partial charge in [0.15, 0.2) is 0 Å². The summed E-state index contributed by atoms with van der Waals surface area (Å²) in [5.41, 5.74) is 0.670. The zero-order valence-electron chi connectivity index (χ0n) is 6.24.